The average Bonchev–Trinajstić information content (AvgIpc) is 3.17. The molecule has 0 aliphatic rings. The van der Waals surface area contributed by atoms with Crippen molar-refractivity contribution in [2.45, 2.75) is 19.4 Å². The van der Waals surface area contributed by atoms with Gasteiger partial charge in [-0.25, -0.2) is 4.98 Å². The van der Waals surface area contributed by atoms with Crippen LogP contribution in [0.3, 0.4) is 0 Å². The van der Waals surface area contributed by atoms with Crippen LogP contribution >= 0.6 is 0 Å². The molecule has 0 unspecified atom stereocenters. The summed E-state index contributed by atoms with van der Waals surface area (Å²) in [6.45, 7) is 2.43. The van der Waals surface area contributed by atoms with Crippen molar-refractivity contribution in [1.82, 2.24) is 25.4 Å². The highest BCUT2D eigenvalue weighted by molar-refractivity contribution is 5.95. The Hall–Kier alpha value is -3.72. The van der Waals surface area contributed by atoms with E-state index in [0.29, 0.717) is 30.4 Å². The highest BCUT2D eigenvalue weighted by atomic mass is 16.5. The van der Waals surface area contributed by atoms with Gasteiger partial charge in [0.25, 0.3) is 0 Å². The zero-order valence-electron chi connectivity index (χ0n) is 18.5. The molecule has 3 aromatic rings. The van der Waals surface area contributed by atoms with E-state index in [2.05, 4.69) is 26.0 Å². The molecule has 0 fully saturated rings. The van der Waals surface area contributed by atoms with Crippen LogP contribution in [0.1, 0.15) is 12.5 Å². The molecule has 2 aromatic heterocycles. The third-order valence-corrected chi connectivity index (χ3v) is 4.85. The van der Waals surface area contributed by atoms with Crippen molar-refractivity contribution >= 4 is 17.6 Å². The summed E-state index contributed by atoms with van der Waals surface area (Å²) >= 11 is 0. The van der Waals surface area contributed by atoms with Crippen LogP contribution in [0.5, 0.6) is 5.88 Å². The van der Waals surface area contributed by atoms with Gasteiger partial charge in [-0.05, 0) is 25.0 Å². The number of benzene rings is 1. The number of pyridine rings is 1. The van der Waals surface area contributed by atoms with Gasteiger partial charge < -0.3 is 15.4 Å². The Balaban J connectivity index is 1.75. The van der Waals surface area contributed by atoms with Crippen molar-refractivity contribution in [1.29, 1.82) is 0 Å². The second-order valence-electron chi connectivity index (χ2n) is 7.19. The van der Waals surface area contributed by atoms with Gasteiger partial charge in [0.1, 0.15) is 5.82 Å². The van der Waals surface area contributed by atoms with Gasteiger partial charge in [0, 0.05) is 37.5 Å². The lowest BCUT2D eigenvalue weighted by Crippen LogP contribution is -2.46. The Kier molecular flexibility index (Phi) is 7.93. The van der Waals surface area contributed by atoms with E-state index in [1.165, 1.54) is 0 Å². The molecule has 1 atom stereocenters. The maximum absolute atomic E-state index is 13.1. The molecule has 3 N–H and O–H groups in total. The van der Waals surface area contributed by atoms with Gasteiger partial charge in [0.05, 0.1) is 25.4 Å². The smallest absolute Gasteiger partial charge is 0.243 e. The van der Waals surface area contributed by atoms with Crippen LogP contribution in [0.4, 0.5) is 5.82 Å². The highest BCUT2D eigenvalue weighted by Crippen LogP contribution is 2.23. The lowest BCUT2D eigenvalue weighted by atomic mass is 10.1. The van der Waals surface area contributed by atoms with Crippen LogP contribution in [0.25, 0.3) is 11.3 Å². The summed E-state index contributed by atoms with van der Waals surface area (Å²) in [5, 5.41) is 13.2. The van der Waals surface area contributed by atoms with E-state index in [9.17, 15) is 9.59 Å². The lowest BCUT2D eigenvalue weighted by molar-refractivity contribution is -0.121. The number of nitrogens with one attached hydrogen (secondary N) is 3. The number of aryl methyl sites for hydroxylation is 1. The minimum absolute atomic E-state index is 0.0478. The Morgan fingerprint density at radius 1 is 1.16 bits per heavy atom. The van der Waals surface area contributed by atoms with Crippen molar-refractivity contribution in [3.05, 3.63) is 60.3 Å². The first-order chi connectivity index (χ1) is 15.5. The molecule has 3 rings (SSSR count). The minimum Gasteiger partial charge on any atom is -0.481 e. The molecule has 0 radical (unpaired) electrons. The number of ether oxygens (including phenoxy) is 1. The van der Waals surface area contributed by atoms with Gasteiger partial charge in [-0.3, -0.25) is 19.6 Å². The van der Waals surface area contributed by atoms with Crippen molar-refractivity contribution in [2.75, 3.05) is 25.5 Å². The van der Waals surface area contributed by atoms with E-state index in [1.54, 1.807) is 37.2 Å². The molecule has 0 saturated heterocycles. The number of rotatable bonds is 10. The largest absolute Gasteiger partial charge is 0.481 e. The number of carbonyl (C=O) groups is 2. The van der Waals surface area contributed by atoms with Gasteiger partial charge in [0.15, 0.2) is 0 Å². The standard InChI is InChI=1S/C23H28N6O3/c1-4-24-21(30)15-26-19(12-16-8-6-5-7-9-16)23(31)27-20-14-18(28-29(20)2)17-10-11-25-22(13-17)32-3/h5-11,13-14,19,26H,4,12,15H2,1-3H3,(H,24,30)(H,27,31)/t19-/m0/s1. The number of carbonyl (C=O) groups excluding carboxylic acids is 2. The second kappa shape index (κ2) is 11.1. The van der Waals surface area contributed by atoms with Gasteiger partial charge in [0.2, 0.25) is 17.7 Å². The van der Waals surface area contributed by atoms with E-state index >= 15 is 0 Å². The summed E-state index contributed by atoms with van der Waals surface area (Å²) < 4.78 is 6.77. The van der Waals surface area contributed by atoms with Crippen LogP contribution in [0, 0.1) is 0 Å². The highest BCUT2D eigenvalue weighted by Gasteiger charge is 2.21. The summed E-state index contributed by atoms with van der Waals surface area (Å²) in [6, 6.07) is 14.5. The fourth-order valence-electron chi connectivity index (χ4n) is 3.20. The molecule has 9 nitrogen and oxygen atoms in total. The zero-order valence-corrected chi connectivity index (χ0v) is 18.5. The summed E-state index contributed by atoms with van der Waals surface area (Å²) in [6.07, 6.45) is 2.08. The third kappa shape index (κ3) is 6.14. The Morgan fingerprint density at radius 2 is 1.94 bits per heavy atom. The predicted molar refractivity (Wildman–Crippen MR) is 122 cm³/mol. The number of methoxy groups -OCH3 is 1. The first kappa shape index (κ1) is 23.0. The maximum atomic E-state index is 13.1. The summed E-state index contributed by atoms with van der Waals surface area (Å²) in [5.74, 6) is 0.614. The first-order valence-electron chi connectivity index (χ1n) is 10.4. The number of aromatic nitrogens is 3. The average molecular weight is 437 g/mol. The van der Waals surface area contributed by atoms with Crippen LogP contribution in [0.2, 0.25) is 0 Å². The maximum Gasteiger partial charge on any atom is 0.243 e. The predicted octanol–water partition coefficient (Wildman–Crippen LogP) is 1.77. The number of likely N-dealkylation sites (N-methyl/N-ethyl adjacent to an activating group) is 1. The fourth-order valence-corrected chi connectivity index (χ4v) is 3.20. The van der Waals surface area contributed by atoms with Gasteiger partial charge in [-0.1, -0.05) is 30.3 Å². The van der Waals surface area contributed by atoms with Crippen LogP contribution in [0.15, 0.2) is 54.7 Å². The van der Waals surface area contributed by atoms with Crippen LogP contribution < -0.4 is 20.7 Å². The SMILES string of the molecule is CCNC(=O)CN[C@@H](Cc1ccccc1)C(=O)Nc1cc(-c2ccnc(OC)c2)nn1C. The van der Waals surface area contributed by atoms with Crippen molar-refractivity contribution in [3.63, 3.8) is 0 Å². The molecular formula is C23H28N6O3. The quantitative estimate of drug-likeness (QED) is 0.447. The van der Waals surface area contributed by atoms with E-state index in [4.69, 9.17) is 4.74 Å². The topological polar surface area (TPSA) is 110 Å². The fraction of sp³-hybridized carbons (Fsp3) is 0.304. The number of anilines is 1. The van der Waals surface area contributed by atoms with Gasteiger partial charge in [-0.2, -0.15) is 5.10 Å². The molecule has 1 aromatic carbocycles. The molecule has 0 bridgehead atoms. The molecular weight excluding hydrogens is 408 g/mol. The molecule has 168 valence electrons. The Labute approximate surface area is 187 Å². The summed E-state index contributed by atoms with van der Waals surface area (Å²) in [7, 11) is 3.31. The third-order valence-electron chi connectivity index (χ3n) is 4.85. The van der Waals surface area contributed by atoms with Crippen molar-refractivity contribution in [2.24, 2.45) is 7.05 Å². The Morgan fingerprint density at radius 3 is 2.66 bits per heavy atom. The molecule has 0 spiro atoms. The number of hydrogen-bond acceptors (Lipinski definition) is 6. The number of nitrogens with zero attached hydrogens (tertiary/aromatic N) is 3. The monoisotopic (exact) mass is 436 g/mol. The Bertz CT molecular complexity index is 1050. The summed E-state index contributed by atoms with van der Waals surface area (Å²) in [5.41, 5.74) is 2.49. The molecule has 32 heavy (non-hydrogen) atoms. The van der Waals surface area contributed by atoms with Gasteiger partial charge in [-0.15, -0.1) is 0 Å². The second-order valence-corrected chi connectivity index (χ2v) is 7.19. The van der Waals surface area contributed by atoms with Crippen LogP contribution in [-0.2, 0) is 23.1 Å². The lowest BCUT2D eigenvalue weighted by Gasteiger charge is -2.18. The number of hydrogen-bond donors (Lipinski definition) is 3. The summed E-state index contributed by atoms with van der Waals surface area (Å²) in [4.78, 5) is 29.1. The van der Waals surface area contributed by atoms with E-state index in [-0.39, 0.29) is 18.4 Å². The van der Waals surface area contributed by atoms with Crippen molar-refractivity contribution < 1.29 is 14.3 Å². The number of amides is 2. The molecule has 0 aliphatic heterocycles. The molecule has 0 saturated carbocycles. The van der Waals surface area contributed by atoms with Crippen molar-refractivity contribution in [3.8, 4) is 17.1 Å². The molecule has 9 heteroatoms. The minimum atomic E-state index is -0.598. The van der Waals surface area contributed by atoms with E-state index in [1.807, 2.05) is 43.3 Å². The van der Waals surface area contributed by atoms with E-state index < -0.39 is 6.04 Å². The van der Waals surface area contributed by atoms with Crippen LogP contribution in [-0.4, -0.2) is 52.8 Å². The normalized spacial score (nSPS) is 11.6. The molecule has 2 amide bonds. The van der Waals surface area contributed by atoms with Gasteiger partial charge >= 0.3 is 0 Å². The van der Waals surface area contributed by atoms with E-state index in [0.717, 1.165) is 11.1 Å². The first-order valence-corrected chi connectivity index (χ1v) is 10.4. The molecule has 0 aliphatic carbocycles. The molecule has 2 heterocycles. The zero-order chi connectivity index (χ0) is 22.9.